The lowest BCUT2D eigenvalue weighted by atomic mass is 10.1. The van der Waals surface area contributed by atoms with E-state index in [4.69, 9.17) is 5.73 Å². The molecule has 0 radical (unpaired) electrons. The van der Waals surface area contributed by atoms with Gasteiger partial charge in [0.15, 0.2) is 0 Å². The van der Waals surface area contributed by atoms with E-state index in [1.807, 2.05) is 53.2 Å². The minimum Gasteiger partial charge on any atom is -0.399 e. The van der Waals surface area contributed by atoms with Crippen LogP contribution in [0, 0.1) is 0 Å². The maximum absolute atomic E-state index is 5.81. The number of hydrogen-bond donors (Lipinski definition) is 1. The predicted octanol–water partition coefficient (Wildman–Crippen LogP) is 2.55. The number of anilines is 1. The van der Waals surface area contributed by atoms with Crippen LogP contribution in [-0.2, 0) is 0 Å². The number of fused-ring (bicyclic) bond motifs is 2. The highest BCUT2D eigenvalue weighted by molar-refractivity contribution is 5.90. The summed E-state index contributed by atoms with van der Waals surface area (Å²) in [4.78, 5) is 4.35. The molecule has 0 saturated carbocycles. The molecule has 0 aliphatic carbocycles. The Hall–Kier alpha value is -2.95. The van der Waals surface area contributed by atoms with Gasteiger partial charge in [-0.1, -0.05) is 17.3 Å². The zero-order valence-electron chi connectivity index (χ0n) is 10.6. The van der Waals surface area contributed by atoms with Crippen LogP contribution in [0.5, 0.6) is 0 Å². The van der Waals surface area contributed by atoms with E-state index in [0.717, 1.165) is 27.6 Å². The molecule has 2 heterocycles. The van der Waals surface area contributed by atoms with Gasteiger partial charge in [0, 0.05) is 17.3 Å². The highest BCUT2D eigenvalue weighted by Crippen LogP contribution is 2.24. The molecule has 20 heavy (non-hydrogen) atoms. The van der Waals surface area contributed by atoms with Gasteiger partial charge in [0.1, 0.15) is 5.52 Å². The number of nitrogens with zero attached hydrogens (tertiary/aromatic N) is 4. The molecule has 0 spiro atoms. The van der Waals surface area contributed by atoms with Crippen molar-refractivity contribution in [2.24, 2.45) is 0 Å². The third-order valence-electron chi connectivity index (χ3n) is 3.32. The molecular weight excluding hydrogens is 250 g/mol. The van der Waals surface area contributed by atoms with E-state index in [0.29, 0.717) is 5.69 Å². The number of hydrogen-bond acceptors (Lipinski definition) is 4. The Balaban J connectivity index is 2.07. The molecule has 0 unspecified atom stereocenters. The van der Waals surface area contributed by atoms with Crippen molar-refractivity contribution >= 4 is 27.6 Å². The summed E-state index contributed by atoms with van der Waals surface area (Å²) < 4.78 is 1.83. The van der Waals surface area contributed by atoms with Crippen LogP contribution in [0.15, 0.2) is 54.7 Å². The Bertz CT molecular complexity index is 926. The Morgan fingerprint density at radius 1 is 0.950 bits per heavy atom. The van der Waals surface area contributed by atoms with Crippen LogP contribution in [0.1, 0.15) is 0 Å². The van der Waals surface area contributed by atoms with Crippen molar-refractivity contribution in [3.8, 4) is 5.69 Å². The maximum atomic E-state index is 5.81. The predicted molar refractivity (Wildman–Crippen MR) is 78.6 cm³/mol. The summed E-state index contributed by atoms with van der Waals surface area (Å²) in [7, 11) is 0. The summed E-state index contributed by atoms with van der Waals surface area (Å²) in [6.45, 7) is 0. The van der Waals surface area contributed by atoms with Crippen molar-refractivity contribution in [2.75, 3.05) is 5.73 Å². The van der Waals surface area contributed by atoms with Gasteiger partial charge in [-0.05, 0) is 36.4 Å². The summed E-state index contributed by atoms with van der Waals surface area (Å²) in [5.41, 5.74) is 10.1. The van der Waals surface area contributed by atoms with Crippen LogP contribution in [0.3, 0.4) is 0 Å². The number of rotatable bonds is 1. The molecule has 5 nitrogen and oxygen atoms in total. The molecule has 0 aliphatic heterocycles. The van der Waals surface area contributed by atoms with E-state index < -0.39 is 0 Å². The maximum Gasteiger partial charge on any atom is 0.113 e. The quantitative estimate of drug-likeness (QED) is 0.534. The van der Waals surface area contributed by atoms with Crippen molar-refractivity contribution in [3.63, 3.8) is 0 Å². The van der Waals surface area contributed by atoms with E-state index in [1.54, 1.807) is 6.20 Å². The average molecular weight is 261 g/mol. The number of nitrogen functional groups attached to an aromatic ring is 1. The summed E-state index contributed by atoms with van der Waals surface area (Å²) in [5, 5.41) is 9.43. The van der Waals surface area contributed by atoms with E-state index in [2.05, 4.69) is 15.3 Å². The van der Waals surface area contributed by atoms with Crippen molar-refractivity contribution in [1.82, 2.24) is 20.0 Å². The molecule has 0 amide bonds. The van der Waals surface area contributed by atoms with E-state index in [1.165, 1.54) is 0 Å². The second-order valence-electron chi connectivity index (χ2n) is 4.60. The fourth-order valence-corrected chi connectivity index (χ4v) is 2.38. The summed E-state index contributed by atoms with van der Waals surface area (Å²) in [5.74, 6) is 0. The smallest absolute Gasteiger partial charge is 0.113 e. The monoisotopic (exact) mass is 261 g/mol. The standard InChI is InChI=1S/C15H11N5/c16-10-5-6-11-13(9-10)17-8-7-14(11)20-15-4-2-1-3-12(15)18-19-20/h1-9H,16H2. The Morgan fingerprint density at radius 2 is 1.85 bits per heavy atom. The second kappa shape index (κ2) is 4.03. The molecule has 0 fully saturated rings. The minimum absolute atomic E-state index is 0.700. The van der Waals surface area contributed by atoms with Crippen LogP contribution in [0.2, 0.25) is 0 Å². The summed E-state index contributed by atoms with van der Waals surface area (Å²) in [6, 6.07) is 15.5. The zero-order chi connectivity index (χ0) is 13.5. The number of benzene rings is 2. The Morgan fingerprint density at radius 3 is 2.80 bits per heavy atom. The molecular formula is C15H11N5. The van der Waals surface area contributed by atoms with Crippen LogP contribution in [0.4, 0.5) is 5.69 Å². The lowest BCUT2D eigenvalue weighted by Crippen LogP contribution is -1.99. The molecule has 2 aromatic carbocycles. The average Bonchev–Trinajstić information content (AvgIpc) is 2.90. The third kappa shape index (κ3) is 1.53. The van der Waals surface area contributed by atoms with Crippen LogP contribution in [0.25, 0.3) is 27.6 Å². The van der Waals surface area contributed by atoms with E-state index in [9.17, 15) is 0 Å². The molecule has 0 saturated heterocycles. The zero-order valence-corrected chi connectivity index (χ0v) is 10.6. The first kappa shape index (κ1) is 10.9. The molecule has 2 N–H and O–H groups in total. The molecule has 5 heteroatoms. The molecule has 96 valence electrons. The summed E-state index contributed by atoms with van der Waals surface area (Å²) in [6.07, 6.45) is 1.76. The Kier molecular flexibility index (Phi) is 2.20. The molecule has 4 rings (SSSR count). The fourth-order valence-electron chi connectivity index (χ4n) is 2.38. The van der Waals surface area contributed by atoms with Crippen LogP contribution < -0.4 is 5.73 Å². The van der Waals surface area contributed by atoms with Gasteiger partial charge >= 0.3 is 0 Å². The van der Waals surface area contributed by atoms with Gasteiger partial charge in [-0.3, -0.25) is 4.98 Å². The number of pyridine rings is 1. The number of aromatic nitrogens is 4. The first-order chi connectivity index (χ1) is 9.83. The summed E-state index contributed by atoms with van der Waals surface area (Å²) >= 11 is 0. The molecule has 0 aliphatic rings. The highest BCUT2D eigenvalue weighted by Gasteiger charge is 2.09. The SMILES string of the molecule is Nc1ccc2c(-n3nnc4ccccc43)ccnc2c1. The number of nitrogens with two attached hydrogens (primary N) is 1. The van der Waals surface area contributed by atoms with E-state index >= 15 is 0 Å². The van der Waals surface area contributed by atoms with Gasteiger partial charge in [0.25, 0.3) is 0 Å². The second-order valence-corrected chi connectivity index (χ2v) is 4.60. The van der Waals surface area contributed by atoms with Gasteiger partial charge in [-0.15, -0.1) is 5.10 Å². The van der Waals surface area contributed by atoms with Crippen molar-refractivity contribution in [2.45, 2.75) is 0 Å². The Labute approximate surface area is 114 Å². The number of para-hydroxylation sites is 1. The molecule has 0 bridgehead atoms. The lowest BCUT2D eigenvalue weighted by Gasteiger charge is -2.07. The molecule has 2 aromatic heterocycles. The van der Waals surface area contributed by atoms with Gasteiger partial charge in [0.05, 0.1) is 16.7 Å². The third-order valence-corrected chi connectivity index (χ3v) is 3.32. The first-order valence-corrected chi connectivity index (χ1v) is 6.28. The topological polar surface area (TPSA) is 69.6 Å². The van der Waals surface area contributed by atoms with Gasteiger partial charge in [0.2, 0.25) is 0 Å². The van der Waals surface area contributed by atoms with Crippen LogP contribution in [-0.4, -0.2) is 20.0 Å². The normalized spacial score (nSPS) is 11.2. The van der Waals surface area contributed by atoms with Crippen molar-refractivity contribution in [3.05, 3.63) is 54.7 Å². The highest BCUT2D eigenvalue weighted by atomic mass is 15.4. The van der Waals surface area contributed by atoms with Crippen molar-refractivity contribution < 1.29 is 0 Å². The van der Waals surface area contributed by atoms with Gasteiger partial charge in [-0.2, -0.15) is 0 Å². The first-order valence-electron chi connectivity index (χ1n) is 6.28. The largest absolute Gasteiger partial charge is 0.399 e. The van der Waals surface area contributed by atoms with E-state index in [-0.39, 0.29) is 0 Å². The van der Waals surface area contributed by atoms with Crippen molar-refractivity contribution in [1.29, 1.82) is 0 Å². The van der Waals surface area contributed by atoms with Gasteiger partial charge in [-0.25, -0.2) is 4.68 Å². The minimum atomic E-state index is 0.700. The molecule has 0 atom stereocenters. The lowest BCUT2D eigenvalue weighted by molar-refractivity contribution is 0.828. The van der Waals surface area contributed by atoms with Gasteiger partial charge < -0.3 is 5.73 Å². The molecule has 4 aromatic rings. The van der Waals surface area contributed by atoms with Crippen LogP contribution >= 0.6 is 0 Å². The fraction of sp³-hybridized carbons (Fsp3) is 0.